The molecule has 1 heterocycles. The molecule has 0 aromatic heterocycles. The van der Waals surface area contributed by atoms with Crippen molar-refractivity contribution in [3.05, 3.63) is 105 Å². The Morgan fingerprint density at radius 1 is 0.935 bits per heavy atom. The number of rotatable bonds is 3. The lowest BCUT2D eigenvalue weighted by Crippen LogP contribution is -2.29. The quantitative estimate of drug-likeness (QED) is 0.242. The Balaban J connectivity index is 1.43. The van der Waals surface area contributed by atoms with Crippen molar-refractivity contribution >= 4 is 46.5 Å². The first-order chi connectivity index (χ1) is 15.0. The van der Waals surface area contributed by atoms with Gasteiger partial charge in [-0.1, -0.05) is 59.1 Å². The highest BCUT2D eigenvalue weighted by Crippen LogP contribution is 2.50. The van der Waals surface area contributed by atoms with Gasteiger partial charge < -0.3 is 10.1 Å². The van der Waals surface area contributed by atoms with Crippen LogP contribution in [-0.2, 0) is 0 Å². The maximum Gasteiger partial charge on any atom is 0.345 e. The third-order valence-electron chi connectivity index (χ3n) is 5.92. The van der Waals surface area contributed by atoms with Gasteiger partial charge in [0.2, 0.25) is 0 Å². The SMILES string of the molecule is O=C(Oc1ccc2c(c1)[C@@H]1C=CC[C@H]1[C@@H](c1ccc(Cl)cc1)N2)c1ccc(Cl)cc1Cl. The summed E-state index contributed by atoms with van der Waals surface area (Å²) in [6, 6.07) is 18.6. The molecule has 3 aromatic carbocycles. The summed E-state index contributed by atoms with van der Waals surface area (Å²) in [5.74, 6) is 0.600. The van der Waals surface area contributed by atoms with E-state index in [-0.39, 0.29) is 22.5 Å². The standard InChI is InChI=1S/C25H18Cl3NO2/c26-15-6-4-14(5-7-15)24-19-3-1-2-18(19)21-13-17(9-11-23(21)29-24)31-25(30)20-10-8-16(27)12-22(20)28/h1-2,4-13,18-19,24,29H,3H2/t18-,19-,24-/m1/s1. The van der Waals surface area contributed by atoms with E-state index in [9.17, 15) is 4.79 Å². The van der Waals surface area contributed by atoms with Crippen LogP contribution < -0.4 is 10.1 Å². The van der Waals surface area contributed by atoms with Crippen molar-refractivity contribution in [1.82, 2.24) is 0 Å². The number of carbonyl (C=O) groups excluding carboxylic acids is 1. The minimum atomic E-state index is -0.511. The molecule has 0 spiro atoms. The zero-order valence-electron chi connectivity index (χ0n) is 16.3. The van der Waals surface area contributed by atoms with E-state index in [0.29, 0.717) is 16.7 Å². The summed E-state index contributed by atoms with van der Waals surface area (Å²) in [6.45, 7) is 0. The summed E-state index contributed by atoms with van der Waals surface area (Å²) in [7, 11) is 0. The Kier molecular flexibility index (Phi) is 5.43. The molecule has 0 amide bonds. The topological polar surface area (TPSA) is 38.3 Å². The van der Waals surface area contributed by atoms with Crippen LogP contribution in [0, 0.1) is 5.92 Å². The molecule has 5 rings (SSSR count). The van der Waals surface area contributed by atoms with Gasteiger partial charge >= 0.3 is 5.97 Å². The first-order valence-electron chi connectivity index (χ1n) is 9.99. The second kappa shape index (κ2) is 8.23. The molecular weight excluding hydrogens is 453 g/mol. The Morgan fingerprint density at radius 2 is 1.71 bits per heavy atom. The number of hydrogen-bond acceptors (Lipinski definition) is 3. The molecule has 0 bridgehead atoms. The van der Waals surface area contributed by atoms with Gasteiger partial charge in [-0.05, 0) is 72.0 Å². The maximum atomic E-state index is 12.6. The molecule has 3 aromatic rings. The second-order valence-electron chi connectivity index (χ2n) is 7.79. The summed E-state index contributed by atoms with van der Waals surface area (Å²) >= 11 is 18.1. The number of halogens is 3. The van der Waals surface area contributed by atoms with Gasteiger partial charge in [0.25, 0.3) is 0 Å². The molecule has 1 aliphatic heterocycles. The number of ether oxygens (including phenoxy) is 1. The van der Waals surface area contributed by atoms with E-state index in [1.807, 2.05) is 24.3 Å². The minimum absolute atomic E-state index is 0.186. The predicted octanol–water partition coefficient (Wildman–Crippen LogP) is 7.69. The fraction of sp³-hybridized carbons (Fsp3) is 0.160. The Bertz CT molecular complexity index is 1190. The van der Waals surface area contributed by atoms with Crippen LogP contribution in [0.4, 0.5) is 5.69 Å². The molecule has 0 saturated heterocycles. The highest BCUT2D eigenvalue weighted by Gasteiger charge is 2.38. The van der Waals surface area contributed by atoms with Crippen LogP contribution in [0.15, 0.2) is 72.8 Å². The van der Waals surface area contributed by atoms with Gasteiger partial charge in [-0.25, -0.2) is 4.79 Å². The van der Waals surface area contributed by atoms with Crippen LogP contribution in [0.2, 0.25) is 15.1 Å². The van der Waals surface area contributed by atoms with E-state index in [0.717, 1.165) is 22.7 Å². The number of carbonyl (C=O) groups is 1. The minimum Gasteiger partial charge on any atom is -0.423 e. The molecule has 1 aliphatic carbocycles. The van der Waals surface area contributed by atoms with Gasteiger partial charge in [0, 0.05) is 21.7 Å². The summed E-state index contributed by atoms with van der Waals surface area (Å²) in [5, 5.41) is 5.14. The summed E-state index contributed by atoms with van der Waals surface area (Å²) in [5.41, 5.74) is 3.65. The molecule has 156 valence electrons. The average molecular weight is 471 g/mol. The van der Waals surface area contributed by atoms with Crippen LogP contribution in [-0.4, -0.2) is 5.97 Å². The Labute approximate surface area is 195 Å². The summed E-state index contributed by atoms with van der Waals surface area (Å²) in [6.07, 6.45) is 5.45. The number of nitrogens with one attached hydrogen (secondary N) is 1. The van der Waals surface area contributed by atoms with E-state index >= 15 is 0 Å². The number of fused-ring (bicyclic) bond motifs is 3. The molecule has 0 radical (unpaired) electrons. The van der Waals surface area contributed by atoms with Crippen molar-refractivity contribution in [2.45, 2.75) is 18.4 Å². The first-order valence-corrected chi connectivity index (χ1v) is 11.1. The third-order valence-corrected chi connectivity index (χ3v) is 6.72. The lowest BCUT2D eigenvalue weighted by molar-refractivity contribution is 0.0735. The van der Waals surface area contributed by atoms with Gasteiger partial charge in [-0.3, -0.25) is 0 Å². The van der Waals surface area contributed by atoms with Crippen LogP contribution in [0.3, 0.4) is 0 Å². The second-order valence-corrected chi connectivity index (χ2v) is 9.07. The zero-order chi connectivity index (χ0) is 21.5. The molecule has 0 saturated carbocycles. The number of anilines is 1. The fourth-order valence-electron chi connectivity index (χ4n) is 4.45. The van der Waals surface area contributed by atoms with Crippen LogP contribution in [0.5, 0.6) is 5.75 Å². The van der Waals surface area contributed by atoms with Gasteiger partial charge in [-0.15, -0.1) is 0 Å². The lowest BCUT2D eigenvalue weighted by Gasteiger charge is -2.37. The smallest absolute Gasteiger partial charge is 0.345 e. The Morgan fingerprint density at radius 3 is 2.48 bits per heavy atom. The Hall–Kier alpha value is -2.46. The summed E-state index contributed by atoms with van der Waals surface area (Å²) < 4.78 is 5.63. The average Bonchev–Trinajstić information content (AvgIpc) is 3.24. The molecule has 0 fully saturated rings. The van der Waals surface area contributed by atoms with Gasteiger partial charge in [0.15, 0.2) is 0 Å². The van der Waals surface area contributed by atoms with E-state index in [1.165, 1.54) is 11.6 Å². The number of allylic oxidation sites excluding steroid dienone is 2. The van der Waals surface area contributed by atoms with E-state index < -0.39 is 5.97 Å². The molecule has 2 aliphatic rings. The van der Waals surface area contributed by atoms with Crippen LogP contribution >= 0.6 is 34.8 Å². The molecular formula is C25H18Cl3NO2. The molecule has 0 unspecified atom stereocenters. The molecule has 3 atom stereocenters. The molecule has 31 heavy (non-hydrogen) atoms. The maximum absolute atomic E-state index is 12.6. The van der Waals surface area contributed by atoms with Crippen molar-refractivity contribution in [1.29, 1.82) is 0 Å². The predicted molar refractivity (Wildman–Crippen MR) is 126 cm³/mol. The van der Waals surface area contributed by atoms with Crippen molar-refractivity contribution in [3.63, 3.8) is 0 Å². The van der Waals surface area contributed by atoms with Gasteiger partial charge in [-0.2, -0.15) is 0 Å². The summed E-state index contributed by atoms with van der Waals surface area (Å²) in [4.78, 5) is 12.6. The highest BCUT2D eigenvalue weighted by atomic mass is 35.5. The van der Waals surface area contributed by atoms with Crippen LogP contribution in [0.1, 0.15) is 39.9 Å². The van der Waals surface area contributed by atoms with Crippen molar-refractivity contribution in [3.8, 4) is 5.75 Å². The lowest BCUT2D eigenvalue weighted by atomic mass is 9.77. The molecule has 3 nitrogen and oxygen atoms in total. The normalized spacial score (nSPS) is 21.2. The van der Waals surface area contributed by atoms with Crippen molar-refractivity contribution in [2.75, 3.05) is 5.32 Å². The monoisotopic (exact) mass is 469 g/mol. The number of esters is 1. The third kappa shape index (κ3) is 3.94. The largest absolute Gasteiger partial charge is 0.423 e. The number of hydrogen-bond donors (Lipinski definition) is 1. The molecule has 1 N–H and O–H groups in total. The molecule has 6 heteroatoms. The van der Waals surface area contributed by atoms with E-state index in [4.69, 9.17) is 39.5 Å². The van der Waals surface area contributed by atoms with E-state index in [1.54, 1.807) is 18.2 Å². The fourth-order valence-corrected chi connectivity index (χ4v) is 5.06. The van der Waals surface area contributed by atoms with Crippen molar-refractivity contribution in [2.24, 2.45) is 5.92 Å². The first kappa shape index (κ1) is 20.4. The zero-order valence-corrected chi connectivity index (χ0v) is 18.6. The number of benzene rings is 3. The van der Waals surface area contributed by atoms with Gasteiger partial charge in [0.05, 0.1) is 16.6 Å². The van der Waals surface area contributed by atoms with E-state index in [2.05, 4.69) is 29.6 Å². The highest BCUT2D eigenvalue weighted by molar-refractivity contribution is 6.36. The van der Waals surface area contributed by atoms with Gasteiger partial charge in [0.1, 0.15) is 5.75 Å². The van der Waals surface area contributed by atoms with Crippen LogP contribution in [0.25, 0.3) is 0 Å². The van der Waals surface area contributed by atoms with Crippen molar-refractivity contribution < 1.29 is 9.53 Å².